The van der Waals surface area contributed by atoms with Crippen molar-refractivity contribution in [3.63, 3.8) is 0 Å². The lowest BCUT2D eigenvalue weighted by Gasteiger charge is -2.47. The maximum atomic E-state index is 13.1. The van der Waals surface area contributed by atoms with E-state index in [1.165, 1.54) is 11.1 Å². The predicted octanol–water partition coefficient (Wildman–Crippen LogP) is 6.39. The molecular weight excluding hydrogens is 584 g/mol. The SMILES string of the molecule is CC/C=C/[C@@](O)(CC=O)C1CCC1CN1CC(c2ccc(Cl)cc2CCC)COc2ccc(C(=O)NS(=O)C(C)C)cc21. The summed E-state index contributed by atoms with van der Waals surface area (Å²) in [5.41, 5.74) is 2.43. The number of aliphatic hydroxyl groups is 1. The molecule has 7 nitrogen and oxygen atoms in total. The van der Waals surface area contributed by atoms with Gasteiger partial charge in [0.15, 0.2) is 0 Å². The Bertz CT molecular complexity index is 1350. The van der Waals surface area contributed by atoms with E-state index < -0.39 is 22.5 Å². The minimum absolute atomic E-state index is 0.0457. The Morgan fingerprint density at radius 3 is 2.67 bits per heavy atom. The average Bonchev–Trinajstić information content (AvgIpc) is 3.13. The Morgan fingerprint density at radius 2 is 2.02 bits per heavy atom. The fraction of sp³-hybridized carbons (Fsp3) is 0.529. The molecule has 5 atom stereocenters. The molecule has 4 unspecified atom stereocenters. The summed E-state index contributed by atoms with van der Waals surface area (Å²) in [5.74, 6) is 0.413. The highest BCUT2D eigenvalue weighted by molar-refractivity contribution is 7.84. The zero-order valence-corrected chi connectivity index (χ0v) is 27.3. The number of halogens is 1. The predicted molar refractivity (Wildman–Crippen MR) is 174 cm³/mol. The highest BCUT2D eigenvalue weighted by Gasteiger charge is 2.46. The van der Waals surface area contributed by atoms with Crippen LogP contribution in [0.15, 0.2) is 48.6 Å². The van der Waals surface area contributed by atoms with Gasteiger partial charge in [-0.05, 0) is 92.8 Å². The van der Waals surface area contributed by atoms with Crippen LogP contribution in [0, 0.1) is 11.8 Å². The first-order chi connectivity index (χ1) is 20.6. The topological polar surface area (TPSA) is 95.9 Å². The normalized spacial score (nSPS) is 22.2. The average molecular weight is 629 g/mol. The van der Waals surface area contributed by atoms with E-state index in [1.54, 1.807) is 19.9 Å². The molecule has 0 radical (unpaired) electrons. The maximum Gasteiger partial charge on any atom is 0.263 e. The van der Waals surface area contributed by atoms with Crippen LogP contribution in [0.1, 0.15) is 87.2 Å². The Labute approximate surface area is 263 Å². The second-order valence-corrected chi connectivity index (χ2v) is 14.3. The van der Waals surface area contributed by atoms with Crippen LogP contribution in [-0.2, 0) is 22.2 Å². The van der Waals surface area contributed by atoms with E-state index in [0.29, 0.717) is 36.0 Å². The van der Waals surface area contributed by atoms with Crippen molar-refractivity contribution in [3.8, 4) is 5.75 Å². The van der Waals surface area contributed by atoms with Crippen LogP contribution in [0.25, 0.3) is 0 Å². The van der Waals surface area contributed by atoms with Gasteiger partial charge < -0.3 is 19.5 Å². The number of amides is 1. The van der Waals surface area contributed by atoms with Crippen LogP contribution in [0.4, 0.5) is 5.69 Å². The highest BCUT2D eigenvalue weighted by Crippen LogP contribution is 2.46. The number of carbonyl (C=O) groups is 2. The van der Waals surface area contributed by atoms with Gasteiger partial charge in [-0.2, -0.15) is 0 Å². The van der Waals surface area contributed by atoms with E-state index in [-0.39, 0.29) is 29.4 Å². The number of aldehydes is 1. The fourth-order valence-corrected chi connectivity index (χ4v) is 6.98. The number of nitrogens with one attached hydrogen (secondary N) is 1. The van der Waals surface area contributed by atoms with Crippen molar-refractivity contribution < 1.29 is 23.6 Å². The van der Waals surface area contributed by atoms with Crippen molar-refractivity contribution in [2.45, 2.75) is 83.0 Å². The smallest absolute Gasteiger partial charge is 0.263 e. The monoisotopic (exact) mass is 628 g/mol. The minimum atomic E-state index is -1.49. The first-order valence-electron chi connectivity index (χ1n) is 15.5. The summed E-state index contributed by atoms with van der Waals surface area (Å²) in [6.45, 7) is 9.50. The second kappa shape index (κ2) is 14.9. The molecule has 4 rings (SSSR count). The van der Waals surface area contributed by atoms with Crippen LogP contribution < -0.4 is 14.4 Å². The molecular formula is C34H45ClN2O5S. The van der Waals surface area contributed by atoms with Gasteiger partial charge in [-0.15, -0.1) is 0 Å². The lowest BCUT2D eigenvalue weighted by Crippen LogP contribution is -2.50. The number of hydrogen-bond donors (Lipinski definition) is 2. The first kappa shape index (κ1) is 33.2. The molecule has 43 heavy (non-hydrogen) atoms. The largest absolute Gasteiger partial charge is 0.491 e. The molecule has 0 saturated heterocycles. The summed E-state index contributed by atoms with van der Waals surface area (Å²) < 4.78 is 21.4. The van der Waals surface area contributed by atoms with Gasteiger partial charge in [-0.1, -0.05) is 50.1 Å². The van der Waals surface area contributed by atoms with Gasteiger partial charge in [-0.25, -0.2) is 4.21 Å². The fourth-order valence-electron chi connectivity index (χ4n) is 6.25. The van der Waals surface area contributed by atoms with Crippen molar-refractivity contribution in [3.05, 3.63) is 70.3 Å². The molecule has 234 valence electrons. The zero-order chi connectivity index (χ0) is 31.1. The molecule has 1 aliphatic carbocycles. The number of carbonyl (C=O) groups excluding carboxylic acids is 2. The molecule has 2 aromatic carbocycles. The second-order valence-electron chi connectivity index (χ2n) is 12.1. The van der Waals surface area contributed by atoms with E-state index in [4.69, 9.17) is 16.3 Å². The molecule has 1 aliphatic heterocycles. The third-order valence-electron chi connectivity index (χ3n) is 8.70. The van der Waals surface area contributed by atoms with Gasteiger partial charge >= 0.3 is 0 Å². The molecule has 1 amide bonds. The quantitative estimate of drug-likeness (QED) is 0.197. The Balaban J connectivity index is 1.70. The van der Waals surface area contributed by atoms with Gasteiger partial charge in [0.25, 0.3) is 5.91 Å². The van der Waals surface area contributed by atoms with Gasteiger partial charge in [0, 0.05) is 41.3 Å². The van der Waals surface area contributed by atoms with Crippen LogP contribution in [0.5, 0.6) is 5.75 Å². The number of hydrogen-bond acceptors (Lipinski definition) is 6. The molecule has 2 aromatic rings. The summed E-state index contributed by atoms with van der Waals surface area (Å²) in [4.78, 5) is 26.9. The van der Waals surface area contributed by atoms with Gasteiger partial charge in [0.2, 0.25) is 0 Å². The number of anilines is 1. The Kier molecular flexibility index (Phi) is 11.5. The minimum Gasteiger partial charge on any atom is -0.491 e. The zero-order valence-electron chi connectivity index (χ0n) is 25.7. The lowest BCUT2D eigenvalue weighted by atomic mass is 9.63. The van der Waals surface area contributed by atoms with Gasteiger partial charge in [0.05, 0.1) is 17.9 Å². The summed E-state index contributed by atoms with van der Waals surface area (Å²) in [7, 11) is -1.49. The van der Waals surface area contributed by atoms with Gasteiger partial charge in [0.1, 0.15) is 23.0 Å². The molecule has 1 saturated carbocycles. The molecule has 1 fully saturated rings. The molecule has 1 heterocycles. The Hall–Kier alpha value is -2.68. The van der Waals surface area contributed by atoms with Crippen molar-refractivity contribution in [1.29, 1.82) is 0 Å². The number of aryl methyl sites for hydroxylation is 1. The van der Waals surface area contributed by atoms with Gasteiger partial charge in [-0.3, -0.25) is 9.52 Å². The third kappa shape index (κ3) is 7.89. The van der Waals surface area contributed by atoms with Crippen molar-refractivity contribution >= 4 is 40.5 Å². The van der Waals surface area contributed by atoms with Crippen LogP contribution in [0.2, 0.25) is 5.02 Å². The van der Waals surface area contributed by atoms with Crippen LogP contribution in [-0.4, -0.2) is 52.1 Å². The number of benzene rings is 2. The highest BCUT2D eigenvalue weighted by atomic mass is 35.5. The Morgan fingerprint density at radius 1 is 1.23 bits per heavy atom. The molecule has 0 bridgehead atoms. The number of rotatable bonds is 13. The van der Waals surface area contributed by atoms with Crippen LogP contribution in [0.3, 0.4) is 0 Å². The molecule has 9 heteroatoms. The lowest BCUT2D eigenvalue weighted by molar-refractivity contribution is -0.115. The van der Waals surface area contributed by atoms with Crippen molar-refractivity contribution in [2.75, 3.05) is 24.6 Å². The van der Waals surface area contributed by atoms with E-state index in [2.05, 4.69) is 22.6 Å². The molecule has 0 spiro atoms. The molecule has 2 N–H and O–H groups in total. The van der Waals surface area contributed by atoms with E-state index in [9.17, 15) is 18.9 Å². The number of fused-ring (bicyclic) bond motifs is 1. The summed E-state index contributed by atoms with van der Waals surface area (Å²) in [6, 6.07) is 11.4. The number of nitrogens with zero attached hydrogens (tertiary/aromatic N) is 1. The number of ether oxygens (including phenoxy) is 1. The van der Waals surface area contributed by atoms with Crippen molar-refractivity contribution in [2.24, 2.45) is 11.8 Å². The van der Waals surface area contributed by atoms with E-state index in [1.807, 2.05) is 43.3 Å². The number of allylic oxidation sites excluding steroid dienone is 1. The summed E-state index contributed by atoms with van der Waals surface area (Å²) >= 11 is 6.39. The van der Waals surface area contributed by atoms with Crippen molar-refractivity contribution in [1.82, 2.24) is 4.72 Å². The summed E-state index contributed by atoms with van der Waals surface area (Å²) in [5, 5.41) is 12.1. The third-order valence-corrected chi connectivity index (χ3v) is 10.2. The molecule has 2 aliphatic rings. The van der Waals surface area contributed by atoms with E-state index in [0.717, 1.165) is 44.1 Å². The maximum absolute atomic E-state index is 13.1. The molecule has 0 aromatic heterocycles. The van der Waals surface area contributed by atoms with Crippen LogP contribution >= 0.6 is 11.6 Å². The summed E-state index contributed by atoms with van der Waals surface area (Å²) in [6.07, 6.45) is 9.07. The standard InChI is InChI=1S/C34H45ClN2O5S/c1-5-7-15-34(40,16-17-38)30-13-9-26(30)20-37-21-27(29-12-11-28(35)18-24(29)8-6-2)22-42-32-14-10-25(19-31(32)37)33(39)36-43(41)23(3)4/h7,10-12,14-15,17-19,23,26-27,30,40H,5-6,8-9,13,16,20-22H2,1-4H3,(H,36,39)/b15-7+/t26?,27?,30?,34-,43?/m1/s1. The van der Waals surface area contributed by atoms with E-state index >= 15 is 0 Å². The first-order valence-corrected chi connectivity index (χ1v) is 17.0.